The van der Waals surface area contributed by atoms with Crippen molar-refractivity contribution in [2.75, 3.05) is 13.2 Å². The fourth-order valence-electron chi connectivity index (χ4n) is 4.00. The zero-order valence-electron chi connectivity index (χ0n) is 21.8. The molecule has 0 aliphatic rings. The summed E-state index contributed by atoms with van der Waals surface area (Å²) in [4.78, 5) is 11.7. The number of aliphatic hydroxyl groups is 1. The Morgan fingerprint density at radius 1 is 1.11 bits per heavy atom. The predicted molar refractivity (Wildman–Crippen MR) is 140 cm³/mol. The minimum Gasteiger partial charge on any atom is -0.491 e. The molecule has 0 fully saturated rings. The normalized spacial score (nSPS) is 13.6. The molecule has 1 aromatic heterocycles. The Hall–Kier alpha value is -1.94. The number of aliphatic carboxylic acids is 1. The first kappa shape index (κ1) is 29.3. The molecule has 0 amide bonds. The van der Waals surface area contributed by atoms with Gasteiger partial charge in [0.1, 0.15) is 16.6 Å². The van der Waals surface area contributed by atoms with Crippen molar-refractivity contribution in [2.24, 2.45) is 5.41 Å². The quantitative estimate of drug-likeness (QED) is 0.359. The Morgan fingerprint density at radius 3 is 2.26 bits per heavy atom. The van der Waals surface area contributed by atoms with Gasteiger partial charge in [0.2, 0.25) is 10.0 Å². The van der Waals surface area contributed by atoms with Gasteiger partial charge in [-0.2, -0.15) is 0 Å². The van der Waals surface area contributed by atoms with Crippen molar-refractivity contribution in [1.29, 1.82) is 0 Å². The minimum absolute atomic E-state index is 0.151. The second-order valence-corrected chi connectivity index (χ2v) is 13.1. The first-order chi connectivity index (χ1) is 16.2. The van der Waals surface area contributed by atoms with Crippen molar-refractivity contribution < 1.29 is 28.2 Å². The van der Waals surface area contributed by atoms with Gasteiger partial charge in [0, 0.05) is 16.8 Å². The molecule has 1 heterocycles. The zero-order chi connectivity index (χ0) is 26.6. The topological polar surface area (TPSA) is 113 Å². The van der Waals surface area contributed by atoms with Gasteiger partial charge < -0.3 is 14.9 Å². The lowest BCUT2D eigenvalue weighted by atomic mass is 9.74. The number of carbonyl (C=O) groups is 1. The summed E-state index contributed by atoms with van der Waals surface area (Å²) in [5, 5.41) is 19.1. The number of ether oxygens (including phenoxy) is 1. The highest BCUT2D eigenvalue weighted by atomic mass is 32.2. The first-order valence-electron chi connectivity index (χ1n) is 11.9. The molecule has 0 aliphatic heterocycles. The van der Waals surface area contributed by atoms with E-state index in [1.54, 1.807) is 6.92 Å². The van der Waals surface area contributed by atoms with E-state index in [9.17, 15) is 18.3 Å². The van der Waals surface area contributed by atoms with Crippen LogP contribution >= 0.6 is 11.3 Å². The van der Waals surface area contributed by atoms with Crippen LogP contribution in [0.25, 0.3) is 0 Å². The second kappa shape index (κ2) is 11.4. The summed E-state index contributed by atoms with van der Waals surface area (Å²) in [5.74, 6) is -0.339. The standard InChI is InChI=1S/C26H39NO6S2/c1-8-26(9-2,19-10-11-20(17(3)14-19)33-16-21(28)25(5,6)7)22-15-18(4)24(34-22)35(31,32)27-13-12-23(29)30/h10-11,14-15,21,27-28H,8-9,12-13,16H2,1-7H3,(H,29,30). The molecule has 7 nitrogen and oxygen atoms in total. The molecular weight excluding hydrogens is 486 g/mol. The third kappa shape index (κ3) is 6.84. The number of thiophene rings is 1. The number of sulfonamides is 1. The first-order valence-corrected chi connectivity index (χ1v) is 14.2. The van der Waals surface area contributed by atoms with Crippen LogP contribution in [0, 0.1) is 19.3 Å². The molecule has 1 atom stereocenters. The van der Waals surface area contributed by atoms with E-state index in [4.69, 9.17) is 9.84 Å². The van der Waals surface area contributed by atoms with Crippen LogP contribution in [0.1, 0.15) is 75.4 Å². The molecule has 3 N–H and O–H groups in total. The maximum absolute atomic E-state index is 12.9. The van der Waals surface area contributed by atoms with Crippen molar-refractivity contribution in [3.8, 4) is 5.75 Å². The number of aryl methyl sites for hydroxylation is 2. The number of nitrogens with one attached hydrogen (secondary N) is 1. The summed E-state index contributed by atoms with van der Waals surface area (Å²) in [6.45, 7) is 13.9. The number of aliphatic hydroxyl groups excluding tert-OH is 1. The van der Waals surface area contributed by atoms with Crippen LogP contribution in [0.15, 0.2) is 28.5 Å². The monoisotopic (exact) mass is 525 g/mol. The van der Waals surface area contributed by atoms with Crippen LogP contribution in [0.3, 0.4) is 0 Å². The van der Waals surface area contributed by atoms with Gasteiger partial charge in [0.05, 0.1) is 12.5 Å². The Kier molecular flexibility index (Phi) is 9.55. The van der Waals surface area contributed by atoms with Crippen molar-refractivity contribution in [3.63, 3.8) is 0 Å². The van der Waals surface area contributed by atoms with Gasteiger partial charge in [-0.3, -0.25) is 4.79 Å². The van der Waals surface area contributed by atoms with Crippen molar-refractivity contribution in [2.45, 2.75) is 83.5 Å². The van der Waals surface area contributed by atoms with Crippen molar-refractivity contribution in [1.82, 2.24) is 4.72 Å². The van der Waals surface area contributed by atoms with Crippen molar-refractivity contribution >= 4 is 27.3 Å². The highest BCUT2D eigenvalue weighted by Gasteiger charge is 2.35. The SMILES string of the molecule is CCC(CC)(c1ccc(OCC(O)C(C)(C)C)c(C)c1)c1cc(C)c(S(=O)(=O)NCCC(=O)O)s1. The molecule has 0 bridgehead atoms. The van der Waals surface area contributed by atoms with Crippen LogP contribution in [0.5, 0.6) is 5.75 Å². The third-order valence-corrected chi connectivity index (χ3v) is 10.1. The van der Waals surface area contributed by atoms with Crippen LogP contribution in [0.4, 0.5) is 0 Å². The van der Waals surface area contributed by atoms with Crippen molar-refractivity contribution in [3.05, 3.63) is 45.8 Å². The van der Waals surface area contributed by atoms with E-state index in [0.717, 1.165) is 28.8 Å². The van der Waals surface area contributed by atoms with E-state index >= 15 is 0 Å². The van der Waals surface area contributed by atoms with E-state index < -0.39 is 22.1 Å². The number of hydrogen-bond donors (Lipinski definition) is 3. The third-order valence-electron chi connectivity index (χ3n) is 6.55. The summed E-state index contributed by atoms with van der Waals surface area (Å²) in [7, 11) is -3.81. The number of rotatable bonds is 12. The molecule has 9 heteroatoms. The summed E-state index contributed by atoms with van der Waals surface area (Å²) >= 11 is 1.24. The summed E-state index contributed by atoms with van der Waals surface area (Å²) in [6, 6.07) is 7.96. The Balaban J connectivity index is 2.38. The van der Waals surface area contributed by atoms with Gasteiger partial charge in [-0.15, -0.1) is 11.3 Å². The average molecular weight is 526 g/mol. The summed E-state index contributed by atoms with van der Waals surface area (Å²) in [5.41, 5.74) is 2.02. The molecule has 1 unspecified atom stereocenters. The van der Waals surface area contributed by atoms with Gasteiger partial charge in [0.15, 0.2) is 0 Å². The van der Waals surface area contributed by atoms with Crippen LogP contribution in [0.2, 0.25) is 0 Å². The van der Waals surface area contributed by atoms with E-state index in [-0.39, 0.29) is 34.6 Å². The fourth-order valence-corrected chi connectivity index (χ4v) is 7.13. The highest BCUT2D eigenvalue weighted by Crippen LogP contribution is 2.45. The molecule has 0 saturated carbocycles. The Bertz CT molecular complexity index is 1130. The minimum atomic E-state index is -3.81. The van der Waals surface area contributed by atoms with E-state index in [1.807, 2.05) is 45.9 Å². The number of carboxylic acids is 1. The molecule has 1 aromatic carbocycles. The number of hydrogen-bond acceptors (Lipinski definition) is 6. The van der Waals surface area contributed by atoms with Gasteiger partial charge in [-0.05, 0) is 60.9 Å². The lowest BCUT2D eigenvalue weighted by Gasteiger charge is -2.32. The molecule has 2 aromatic rings. The van der Waals surface area contributed by atoms with Gasteiger partial charge in [-0.25, -0.2) is 13.1 Å². The van der Waals surface area contributed by atoms with E-state index in [0.29, 0.717) is 11.3 Å². The predicted octanol–water partition coefficient (Wildman–Crippen LogP) is 5.01. The fraction of sp³-hybridized carbons (Fsp3) is 0.577. The molecule has 0 saturated heterocycles. The van der Waals surface area contributed by atoms with Crippen LogP contribution < -0.4 is 9.46 Å². The molecule has 0 spiro atoms. The van der Waals surface area contributed by atoms with E-state index in [2.05, 4.69) is 24.6 Å². The molecular formula is C26H39NO6S2. The molecule has 196 valence electrons. The lowest BCUT2D eigenvalue weighted by molar-refractivity contribution is -0.136. The largest absolute Gasteiger partial charge is 0.491 e. The lowest BCUT2D eigenvalue weighted by Crippen LogP contribution is -2.32. The number of benzene rings is 1. The summed E-state index contributed by atoms with van der Waals surface area (Å²) < 4.78 is 34.2. The second-order valence-electron chi connectivity index (χ2n) is 10.1. The molecule has 0 aliphatic carbocycles. The maximum atomic E-state index is 12.9. The van der Waals surface area contributed by atoms with Gasteiger partial charge in [0.25, 0.3) is 0 Å². The van der Waals surface area contributed by atoms with Crippen LogP contribution in [-0.4, -0.2) is 43.9 Å². The van der Waals surface area contributed by atoms with Crippen LogP contribution in [-0.2, 0) is 20.2 Å². The Morgan fingerprint density at radius 2 is 1.74 bits per heavy atom. The molecule has 2 rings (SSSR count). The number of carboxylic acid groups (broad SMARTS) is 1. The molecule has 0 radical (unpaired) electrons. The zero-order valence-corrected chi connectivity index (χ0v) is 23.4. The average Bonchev–Trinajstić information content (AvgIpc) is 3.16. The highest BCUT2D eigenvalue weighted by molar-refractivity contribution is 7.91. The smallest absolute Gasteiger partial charge is 0.304 e. The van der Waals surface area contributed by atoms with E-state index in [1.165, 1.54) is 11.3 Å². The molecule has 35 heavy (non-hydrogen) atoms. The van der Waals surface area contributed by atoms with Gasteiger partial charge in [-0.1, -0.05) is 46.8 Å². The van der Waals surface area contributed by atoms with Gasteiger partial charge >= 0.3 is 5.97 Å². The Labute approximate surface area is 213 Å². The maximum Gasteiger partial charge on any atom is 0.304 e. The summed E-state index contributed by atoms with van der Waals surface area (Å²) in [6.07, 6.45) is 0.686.